The molecule has 2 aromatic rings. The molecule has 0 aliphatic heterocycles. The molecule has 0 N–H and O–H groups in total. The third-order valence-electron chi connectivity index (χ3n) is 2.57. The van der Waals surface area contributed by atoms with E-state index in [2.05, 4.69) is 0 Å². The summed E-state index contributed by atoms with van der Waals surface area (Å²) in [6, 6.07) is 6.99. The van der Waals surface area contributed by atoms with E-state index < -0.39 is 0 Å². The summed E-state index contributed by atoms with van der Waals surface area (Å²) in [5.74, 6) is 1.01. The van der Waals surface area contributed by atoms with Crippen molar-refractivity contribution in [3.63, 3.8) is 0 Å². The summed E-state index contributed by atoms with van der Waals surface area (Å²) in [5, 5.41) is 0. The second kappa shape index (κ2) is 7.09. The standard InChI is InChI=1S/C16H14O4/c17-13(7-9-15-3-1-11-19-15)5-6-14(18)8-10-16-4-2-12-20-16/h1-4,7-12H,5-6H2/b9-7+,10-8+. The van der Waals surface area contributed by atoms with Gasteiger partial charge in [-0.2, -0.15) is 0 Å². The lowest BCUT2D eigenvalue weighted by molar-refractivity contribution is -0.119. The molecule has 0 unspecified atom stereocenters. The van der Waals surface area contributed by atoms with Crippen LogP contribution in [0.15, 0.2) is 57.8 Å². The SMILES string of the molecule is O=C(/C=C/c1ccco1)CCC(=O)/C=C/c1ccco1. The van der Waals surface area contributed by atoms with Gasteiger partial charge in [-0.05, 0) is 48.6 Å². The summed E-state index contributed by atoms with van der Waals surface area (Å²) in [5.41, 5.74) is 0. The lowest BCUT2D eigenvalue weighted by Crippen LogP contribution is -1.98. The molecule has 2 rings (SSSR count). The van der Waals surface area contributed by atoms with Gasteiger partial charge in [-0.15, -0.1) is 0 Å². The Labute approximate surface area is 116 Å². The van der Waals surface area contributed by atoms with Crippen LogP contribution in [0.5, 0.6) is 0 Å². The Balaban J connectivity index is 1.74. The molecule has 0 saturated carbocycles. The van der Waals surface area contributed by atoms with Crippen LogP contribution in [-0.4, -0.2) is 11.6 Å². The fourth-order valence-corrected chi connectivity index (χ4v) is 1.54. The second-order valence-corrected chi connectivity index (χ2v) is 4.13. The van der Waals surface area contributed by atoms with Gasteiger partial charge in [0.15, 0.2) is 11.6 Å². The molecule has 0 fully saturated rings. The van der Waals surface area contributed by atoms with E-state index in [-0.39, 0.29) is 24.4 Å². The first-order chi connectivity index (χ1) is 9.74. The molecule has 102 valence electrons. The van der Waals surface area contributed by atoms with Gasteiger partial charge in [0.2, 0.25) is 0 Å². The normalized spacial score (nSPS) is 11.4. The fraction of sp³-hybridized carbons (Fsp3) is 0.125. The van der Waals surface area contributed by atoms with Crippen molar-refractivity contribution in [3.8, 4) is 0 Å². The van der Waals surface area contributed by atoms with Crippen molar-refractivity contribution in [2.45, 2.75) is 12.8 Å². The van der Waals surface area contributed by atoms with Gasteiger partial charge in [0.05, 0.1) is 12.5 Å². The molecule has 2 heterocycles. The zero-order chi connectivity index (χ0) is 14.2. The topological polar surface area (TPSA) is 60.4 Å². The van der Waals surface area contributed by atoms with Gasteiger partial charge < -0.3 is 8.83 Å². The minimum atomic E-state index is -0.110. The van der Waals surface area contributed by atoms with Crippen LogP contribution in [-0.2, 0) is 9.59 Å². The predicted octanol–water partition coefficient (Wildman–Crippen LogP) is 3.52. The van der Waals surface area contributed by atoms with Crippen molar-refractivity contribution in [1.29, 1.82) is 0 Å². The van der Waals surface area contributed by atoms with Gasteiger partial charge in [-0.3, -0.25) is 9.59 Å². The molecule has 0 atom stereocenters. The van der Waals surface area contributed by atoms with E-state index in [9.17, 15) is 9.59 Å². The lowest BCUT2D eigenvalue weighted by atomic mass is 10.1. The number of hydrogen-bond acceptors (Lipinski definition) is 4. The quantitative estimate of drug-likeness (QED) is 0.722. The van der Waals surface area contributed by atoms with Gasteiger partial charge in [0.1, 0.15) is 11.5 Å². The van der Waals surface area contributed by atoms with Crippen molar-refractivity contribution >= 4 is 23.7 Å². The molecule has 0 spiro atoms. The Morgan fingerprint density at radius 2 is 1.30 bits per heavy atom. The van der Waals surface area contributed by atoms with E-state index in [0.717, 1.165) is 0 Å². The van der Waals surface area contributed by atoms with Crippen LogP contribution >= 0.6 is 0 Å². The third kappa shape index (κ3) is 4.57. The molecule has 0 saturated heterocycles. The Bertz CT molecular complexity index is 545. The van der Waals surface area contributed by atoms with Gasteiger partial charge >= 0.3 is 0 Å². The molecule has 0 radical (unpaired) electrons. The van der Waals surface area contributed by atoms with Crippen LogP contribution in [0, 0.1) is 0 Å². The van der Waals surface area contributed by atoms with E-state index in [1.165, 1.54) is 24.7 Å². The van der Waals surface area contributed by atoms with E-state index >= 15 is 0 Å². The largest absolute Gasteiger partial charge is 0.465 e. The molecule has 4 heteroatoms. The third-order valence-corrected chi connectivity index (χ3v) is 2.57. The first kappa shape index (κ1) is 13.8. The summed E-state index contributed by atoms with van der Waals surface area (Å²) < 4.78 is 10.1. The number of allylic oxidation sites excluding steroid dienone is 2. The van der Waals surface area contributed by atoms with Crippen molar-refractivity contribution in [2.75, 3.05) is 0 Å². The molecule has 20 heavy (non-hydrogen) atoms. The minimum absolute atomic E-state index is 0.110. The summed E-state index contributed by atoms with van der Waals surface area (Å²) in [6.07, 6.45) is 9.44. The molecule has 0 aromatic carbocycles. The van der Waals surface area contributed by atoms with Crippen LogP contribution in [0.25, 0.3) is 12.2 Å². The van der Waals surface area contributed by atoms with E-state index in [1.807, 2.05) is 0 Å². The maximum Gasteiger partial charge on any atom is 0.156 e. The predicted molar refractivity (Wildman–Crippen MR) is 74.7 cm³/mol. The molecule has 0 aliphatic carbocycles. The van der Waals surface area contributed by atoms with Crippen LogP contribution in [0.3, 0.4) is 0 Å². The number of hydrogen-bond donors (Lipinski definition) is 0. The van der Waals surface area contributed by atoms with Crippen molar-refractivity contribution < 1.29 is 18.4 Å². The first-order valence-electron chi connectivity index (χ1n) is 6.23. The number of furan rings is 2. The average molecular weight is 270 g/mol. The molecular weight excluding hydrogens is 256 g/mol. The molecule has 4 nitrogen and oxygen atoms in total. The second-order valence-electron chi connectivity index (χ2n) is 4.13. The van der Waals surface area contributed by atoms with E-state index in [4.69, 9.17) is 8.83 Å². The Morgan fingerprint density at radius 1 is 0.850 bits per heavy atom. The first-order valence-corrected chi connectivity index (χ1v) is 6.23. The van der Waals surface area contributed by atoms with Crippen molar-refractivity contribution in [1.82, 2.24) is 0 Å². The zero-order valence-electron chi connectivity index (χ0n) is 10.8. The highest BCUT2D eigenvalue weighted by atomic mass is 16.3. The van der Waals surface area contributed by atoms with E-state index in [0.29, 0.717) is 11.5 Å². The number of rotatable bonds is 7. The van der Waals surface area contributed by atoms with Crippen LogP contribution in [0.4, 0.5) is 0 Å². The number of carbonyl (C=O) groups excluding carboxylic acids is 2. The molecular formula is C16H14O4. The lowest BCUT2D eigenvalue weighted by Gasteiger charge is -1.92. The summed E-state index contributed by atoms with van der Waals surface area (Å²) in [4.78, 5) is 23.1. The van der Waals surface area contributed by atoms with Gasteiger partial charge in [0.25, 0.3) is 0 Å². The zero-order valence-corrected chi connectivity index (χ0v) is 10.8. The van der Waals surface area contributed by atoms with Gasteiger partial charge in [-0.25, -0.2) is 0 Å². The fourth-order valence-electron chi connectivity index (χ4n) is 1.54. The Kier molecular flexibility index (Phi) is 4.89. The highest BCUT2D eigenvalue weighted by Gasteiger charge is 2.02. The highest BCUT2D eigenvalue weighted by Crippen LogP contribution is 2.05. The molecule has 0 amide bonds. The number of ketones is 2. The maximum atomic E-state index is 11.6. The van der Waals surface area contributed by atoms with Gasteiger partial charge in [0, 0.05) is 12.8 Å². The molecule has 0 aliphatic rings. The van der Waals surface area contributed by atoms with Crippen LogP contribution in [0.1, 0.15) is 24.4 Å². The summed E-state index contributed by atoms with van der Waals surface area (Å²) in [7, 11) is 0. The smallest absolute Gasteiger partial charge is 0.156 e. The van der Waals surface area contributed by atoms with Crippen LogP contribution < -0.4 is 0 Å². The van der Waals surface area contributed by atoms with E-state index in [1.54, 1.807) is 36.4 Å². The van der Waals surface area contributed by atoms with Crippen LogP contribution in [0.2, 0.25) is 0 Å². The highest BCUT2D eigenvalue weighted by molar-refractivity contribution is 5.99. The minimum Gasteiger partial charge on any atom is -0.465 e. The molecule has 2 aromatic heterocycles. The monoisotopic (exact) mass is 270 g/mol. The summed E-state index contributed by atoms with van der Waals surface area (Å²) >= 11 is 0. The van der Waals surface area contributed by atoms with Crippen molar-refractivity contribution in [2.24, 2.45) is 0 Å². The van der Waals surface area contributed by atoms with Crippen molar-refractivity contribution in [3.05, 3.63) is 60.5 Å². The van der Waals surface area contributed by atoms with Gasteiger partial charge in [-0.1, -0.05) is 0 Å². The maximum absolute atomic E-state index is 11.6. The Hall–Kier alpha value is -2.62. The average Bonchev–Trinajstić information content (AvgIpc) is 3.13. The molecule has 0 bridgehead atoms. The summed E-state index contributed by atoms with van der Waals surface area (Å²) in [6.45, 7) is 0. The Morgan fingerprint density at radius 3 is 1.65 bits per heavy atom. The number of carbonyl (C=O) groups is 2.